The summed E-state index contributed by atoms with van der Waals surface area (Å²) in [7, 11) is 0. The van der Waals surface area contributed by atoms with Crippen molar-refractivity contribution in [1.82, 2.24) is 0 Å². The zero-order valence-corrected chi connectivity index (χ0v) is 22.8. The first-order chi connectivity index (χ1) is 14.7. The van der Waals surface area contributed by atoms with E-state index in [1.54, 1.807) is 0 Å². The Morgan fingerprint density at radius 2 is 1.47 bits per heavy atom. The van der Waals surface area contributed by atoms with E-state index in [1.165, 1.54) is 51.4 Å². The molecule has 1 N–H and O–H groups in total. The highest BCUT2D eigenvalue weighted by Crippen LogP contribution is 2.78. The molecule has 182 valence electrons. The maximum Gasteiger partial charge on any atom is 0.0594 e. The van der Waals surface area contributed by atoms with Crippen LogP contribution in [0.25, 0.3) is 0 Å². The predicted octanol–water partition coefficient (Wildman–Crippen LogP) is 8.41. The van der Waals surface area contributed by atoms with Gasteiger partial charge in [-0.25, -0.2) is 0 Å². The zero-order chi connectivity index (χ0) is 23.5. The molecule has 4 fully saturated rings. The van der Waals surface area contributed by atoms with Gasteiger partial charge in [0.05, 0.1) is 6.10 Å². The number of hydrogen-bond acceptors (Lipinski definition) is 1. The molecule has 0 unspecified atom stereocenters. The fourth-order valence-corrected chi connectivity index (χ4v) is 11.4. The van der Waals surface area contributed by atoms with Crippen LogP contribution >= 0.6 is 0 Å². The first-order valence-electron chi connectivity index (χ1n) is 14.1. The summed E-state index contributed by atoms with van der Waals surface area (Å²) >= 11 is 0. The van der Waals surface area contributed by atoms with Gasteiger partial charge in [0, 0.05) is 0 Å². The van der Waals surface area contributed by atoms with Gasteiger partial charge in [0.25, 0.3) is 0 Å². The minimum Gasteiger partial charge on any atom is -0.393 e. The van der Waals surface area contributed by atoms with Crippen LogP contribution in [0, 0.1) is 56.2 Å². The summed E-state index contributed by atoms with van der Waals surface area (Å²) in [5, 5.41) is 10.9. The number of fused-ring (bicyclic) bond motifs is 7. The van der Waals surface area contributed by atoms with Gasteiger partial charge in [0.15, 0.2) is 0 Å². The number of allylic oxidation sites excluding steroid dienone is 2. The van der Waals surface area contributed by atoms with Crippen LogP contribution in [0.2, 0.25) is 0 Å². The molecule has 0 saturated heterocycles. The Balaban J connectivity index is 1.63. The van der Waals surface area contributed by atoms with Gasteiger partial charge in [-0.3, -0.25) is 0 Å². The smallest absolute Gasteiger partial charge is 0.0594 e. The zero-order valence-electron chi connectivity index (χ0n) is 22.8. The van der Waals surface area contributed by atoms with Gasteiger partial charge in [-0.05, 0) is 114 Å². The SMILES string of the molecule is C[C@@H]1CC[C@]2(C)CC[C@]3(C)C(=CC[C@@H]4[C@@]5(C)CC[C@H](O)C(C)(C)[C@@H]5CC[C@]43C)[C@]2(C)[C@H]1C. The summed E-state index contributed by atoms with van der Waals surface area (Å²) in [5.74, 6) is 2.99. The van der Waals surface area contributed by atoms with E-state index in [0.717, 1.165) is 24.2 Å². The van der Waals surface area contributed by atoms with Crippen molar-refractivity contribution in [3.05, 3.63) is 11.6 Å². The average Bonchev–Trinajstić information content (AvgIpc) is 2.72. The number of aliphatic hydroxyl groups is 1. The third kappa shape index (κ3) is 2.46. The molecule has 0 radical (unpaired) electrons. The number of aliphatic hydroxyl groups excluding tert-OH is 1. The van der Waals surface area contributed by atoms with Crippen LogP contribution < -0.4 is 0 Å². The average molecular weight is 441 g/mol. The number of hydrogen-bond donors (Lipinski definition) is 1. The minimum atomic E-state index is -0.130. The molecule has 10 atom stereocenters. The molecule has 0 amide bonds. The summed E-state index contributed by atoms with van der Waals surface area (Å²) in [6, 6.07) is 0. The Morgan fingerprint density at radius 3 is 2.16 bits per heavy atom. The van der Waals surface area contributed by atoms with Crippen LogP contribution in [0.15, 0.2) is 11.6 Å². The molecule has 0 heterocycles. The lowest BCUT2D eigenvalue weighted by Gasteiger charge is -2.73. The fraction of sp³-hybridized carbons (Fsp3) is 0.935. The Bertz CT molecular complexity index is 824. The van der Waals surface area contributed by atoms with E-state index in [0.29, 0.717) is 33.0 Å². The van der Waals surface area contributed by atoms with Crippen molar-refractivity contribution in [2.45, 2.75) is 126 Å². The van der Waals surface area contributed by atoms with E-state index < -0.39 is 0 Å². The number of rotatable bonds is 0. The topological polar surface area (TPSA) is 20.2 Å². The summed E-state index contributed by atoms with van der Waals surface area (Å²) in [4.78, 5) is 0. The van der Waals surface area contributed by atoms with Crippen molar-refractivity contribution < 1.29 is 5.11 Å². The molecule has 32 heavy (non-hydrogen) atoms. The van der Waals surface area contributed by atoms with Crippen molar-refractivity contribution in [2.75, 3.05) is 0 Å². The summed E-state index contributed by atoms with van der Waals surface area (Å²) in [6.07, 6.45) is 14.4. The molecule has 5 aliphatic carbocycles. The third-order valence-corrected chi connectivity index (χ3v) is 14.3. The molecule has 0 aromatic carbocycles. The predicted molar refractivity (Wildman–Crippen MR) is 135 cm³/mol. The molecule has 5 rings (SSSR count). The van der Waals surface area contributed by atoms with E-state index >= 15 is 0 Å². The van der Waals surface area contributed by atoms with E-state index in [-0.39, 0.29) is 11.5 Å². The van der Waals surface area contributed by atoms with Gasteiger partial charge in [-0.1, -0.05) is 74.0 Å². The highest BCUT2D eigenvalue weighted by Gasteiger charge is 2.70. The lowest BCUT2D eigenvalue weighted by molar-refractivity contribution is -0.210. The van der Waals surface area contributed by atoms with Crippen molar-refractivity contribution in [3.8, 4) is 0 Å². The minimum absolute atomic E-state index is 0.0453. The van der Waals surface area contributed by atoms with E-state index in [4.69, 9.17) is 0 Å². The normalized spacial score (nSPS) is 59.2. The third-order valence-electron chi connectivity index (χ3n) is 14.3. The van der Waals surface area contributed by atoms with E-state index in [9.17, 15) is 5.11 Å². The van der Waals surface area contributed by atoms with Crippen LogP contribution in [0.1, 0.15) is 120 Å². The van der Waals surface area contributed by atoms with Gasteiger partial charge in [0.2, 0.25) is 0 Å². The van der Waals surface area contributed by atoms with Gasteiger partial charge < -0.3 is 5.11 Å². The highest BCUT2D eigenvalue weighted by molar-refractivity contribution is 5.37. The van der Waals surface area contributed by atoms with Crippen LogP contribution in [0.5, 0.6) is 0 Å². The van der Waals surface area contributed by atoms with Gasteiger partial charge in [-0.2, -0.15) is 0 Å². The van der Waals surface area contributed by atoms with Gasteiger partial charge in [-0.15, -0.1) is 0 Å². The van der Waals surface area contributed by atoms with Crippen LogP contribution in [0.4, 0.5) is 0 Å². The van der Waals surface area contributed by atoms with Gasteiger partial charge in [0.1, 0.15) is 0 Å². The fourth-order valence-electron chi connectivity index (χ4n) is 11.4. The maximum absolute atomic E-state index is 10.9. The maximum atomic E-state index is 10.9. The van der Waals surface area contributed by atoms with Crippen LogP contribution in [-0.2, 0) is 0 Å². The highest BCUT2D eigenvalue weighted by atomic mass is 16.3. The second-order valence-corrected chi connectivity index (χ2v) is 15.2. The Labute approximate surface area is 199 Å². The van der Waals surface area contributed by atoms with E-state index in [1.807, 2.05) is 5.57 Å². The molecule has 0 bridgehead atoms. The summed E-state index contributed by atoms with van der Waals surface area (Å²) < 4.78 is 0. The standard InChI is InChI=1S/C31H52O/c1-20-12-15-27(5)18-19-30(8)24(31(27,9)21(20)2)11-10-23-28(6)16-14-25(32)26(3,4)22(28)13-17-29(23,30)7/h11,20-23,25,32H,10,12-19H2,1-9H3/t20-,21+,22+,23-,25+,27-,28+,29-,30-,31+/m1/s1. The van der Waals surface area contributed by atoms with Gasteiger partial charge >= 0.3 is 0 Å². The Kier molecular flexibility index (Phi) is 4.89. The molecule has 1 heteroatoms. The van der Waals surface area contributed by atoms with Crippen molar-refractivity contribution in [1.29, 1.82) is 0 Å². The van der Waals surface area contributed by atoms with Crippen LogP contribution in [-0.4, -0.2) is 11.2 Å². The summed E-state index contributed by atoms with van der Waals surface area (Å²) in [5.41, 5.74) is 3.78. The first-order valence-corrected chi connectivity index (χ1v) is 14.1. The molecule has 0 spiro atoms. The molecule has 0 aromatic rings. The molecular formula is C31H52O. The molecule has 0 aliphatic heterocycles. The second kappa shape index (κ2) is 6.67. The molecule has 0 aromatic heterocycles. The van der Waals surface area contributed by atoms with Crippen molar-refractivity contribution in [3.63, 3.8) is 0 Å². The largest absolute Gasteiger partial charge is 0.393 e. The monoisotopic (exact) mass is 440 g/mol. The lowest BCUT2D eigenvalue weighted by atomic mass is 9.31. The second-order valence-electron chi connectivity index (χ2n) is 15.2. The molecule has 4 saturated carbocycles. The first kappa shape index (κ1) is 23.4. The van der Waals surface area contributed by atoms with E-state index in [2.05, 4.69) is 68.4 Å². The molecule has 1 nitrogen and oxygen atoms in total. The Hall–Kier alpha value is -0.300. The lowest BCUT2D eigenvalue weighted by Crippen LogP contribution is -2.66. The quantitative estimate of drug-likeness (QED) is 0.375. The van der Waals surface area contributed by atoms with Crippen LogP contribution in [0.3, 0.4) is 0 Å². The molecule has 5 aliphatic rings. The molecular weight excluding hydrogens is 388 g/mol. The van der Waals surface area contributed by atoms with Crippen molar-refractivity contribution in [2.24, 2.45) is 56.2 Å². The van der Waals surface area contributed by atoms with Crippen molar-refractivity contribution >= 4 is 0 Å². The Morgan fingerprint density at radius 1 is 0.781 bits per heavy atom. The summed E-state index contributed by atoms with van der Waals surface area (Å²) in [6.45, 7) is 23.2.